The van der Waals surface area contributed by atoms with Gasteiger partial charge in [0.25, 0.3) is 0 Å². The number of pyridine rings is 2. The molecule has 2 aromatic heterocycles. The van der Waals surface area contributed by atoms with Crippen molar-refractivity contribution in [2.24, 2.45) is 0 Å². The zero-order valence-electron chi connectivity index (χ0n) is 71.6. The van der Waals surface area contributed by atoms with E-state index in [0.29, 0.717) is 50.2 Å². The van der Waals surface area contributed by atoms with Crippen molar-refractivity contribution >= 4 is 50.6 Å². The van der Waals surface area contributed by atoms with Crippen molar-refractivity contribution in [2.45, 2.75) is 134 Å². The van der Waals surface area contributed by atoms with Crippen LogP contribution in [0.25, 0.3) is 50.2 Å². The van der Waals surface area contributed by atoms with Gasteiger partial charge in [-0.2, -0.15) is 4.57 Å². The largest absolute Gasteiger partial charge is 0.491 e. The molecule has 0 saturated carbocycles. The number of hydrogen-bond donors (Lipinski definition) is 0. The lowest BCUT2D eigenvalue weighted by molar-refractivity contribution is -0.688. The number of carbonyl (C=O) groups excluding carboxylic acids is 3. The van der Waals surface area contributed by atoms with Crippen LogP contribution in [0.15, 0.2) is 340 Å². The SMILES string of the molecule is CC(=O)SCc1ccc(-c2ccc(C(c3ccc(-c4ccc(CSC(C)=O)cc4)cc3)(c3ccc(-c4ccc(CSC(C)=O)cc4)cc3)c3ccc(-[n+]4ccc(-c5cc[n+](Cc6ccc(OCCOCCOc7ccc(C(c8ccc(C(C)(C)C)cc8)(c8ccc(C(C)(C)C)cc8)c8ccc(C(C)(C)C)cc8)cc7)cc6)cc5)cc4)cc3)cc2)cc1. The molecule has 0 bridgehead atoms. The van der Waals surface area contributed by atoms with Gasteiger partial charge in [0.05, 0.1) is 24.0 Å². The highest BCUT2D eigenvalue weighted by Gasteiger charge is 2.41. The molecule has 0 aliphatic rings. The monoisotopic (exact) mass is 1650 g/mol. The molecule has 0 N–H and O–H groups in total. The second-order valence-electron chi connectivity index (χ2n) is 34.4. The first-order valence-corrected chi connectivity index (χ1v) is 44.7. The molecule has 610 valence electrons. The van der Waals surface area contributed by atoms with E-state index >= 15 is 0 Å². The van der Waals surface area contributed by atoms with Crippen LogP contribution in [-0.4, -0.2) is 41.8 Å². The maximum atomic E-state index is 11.8. The van der Waals surface area contributed by atoms with Crippen molar-refractivity contribution in [1.82, 2.24) is 0 Å². The summed E-state index contributed by atoms with van der Waals surface area (Å²) in [5, 5.41) is 0.316. The third-order valence-corrected chi connectivity index (χ3v) is 25.6. The lowest BCUT2D eigenvalue weighted by Crippen LogP contribution is -2.33. The molecule has 14 aromatic rings. The highest BCUT2D eigenvalue weighted by atomic mass is 32.2. The predicted molar refractivity (Wildman–Crippen MR) is 502 cm³/mol. The number of ether oxygens (including phenoxy) is 3. The van der Waals surface area contributed by atoms with E-state index in [0.717, 1.165) is 112 Å². The Labute approximate surface area is 728 Å². The minimum atomic E-state index is -0.798. The number of benzene rings is 12. The van der Waals surface area contributed by atoms with Gasteiger partial charge in [-0.15, -0.1) is 0 Å². The van der Waals surface area contributed by atoms with E-state index in [1.807, 2.05) is 12.1 Å². The van der Waals surface area contributed by atoms with Gasteiger partial charge in [-0.3, -0.25) is 14.4 Å². The Hall–Kier alpha value is -11.4. The first-order valence-electron chi connectivity index (χ1n) is 41.7. The van der Waals surface area contributed by atoms with Crippen LogP contribution in [0.4, 0.5) is 0 Å². The number of thioether (sulfide) groups is 3. The maximum Gasteiger partial charge on any atom is 0.210 e. The van der Waals surface area contributed by atoms with Crippen LogP contribution < -0.4 is 18.6 Å². The number of carbonyl (C=O) groups is 3. The van der Waals surface area contributed by atoms with Crippen LogP contribution in [0.1, 0.15) is 167 Å². The third-order valence-electron chi connectivity index (χ3n) is 22.9. The Morgan fingerprint density at radius 3 is 0.760 bits per heavy atom. The summed E-state index contributed by atoms with van der Waals surface area (Å²) in [5.41, 5.74) is 26.0. The van der Waals surface area contributed by atoms with Gasteiger partial charge in [0.15, 0.2) is 46.7 Å². The summed E-state index contributed by atoms with van der Waals surface area (Å²) in [5.74, 6) is 3.50. The Bertz CT molecular complexity index is 5410. The van der Waals surface area contributed by atoms with Gasteiger partial charge in [0, 0.05) is 80.0 Å². The van der Waals surface area contributed by atoms with Gasteiger partial charge in [0.2, 0.25) is 5.69 Å². The standard InChI is InChI=1S/C110H108N2O6S3/c1-77(113)119-74-81-13-21-84(22-14-81)87-27-33-95(34-28-87)109(96-35-29-88(30-36-96)85-23-15-82(16-24-85)75-120-78(2)114,97-37-31-89(32-38-97)86-25-17-83(18-26-86)76-121-79(3)115)101-51-55-103(56-52-101)112-67-63-91(64-68-112)90-61-65-111(66-62-90)73-80-19-57-104(58-20-80)117-71-69-116-70-72-118-105-59-53-102(54-60-105)110(98-45-39-92(40-46-98)106(4,5)6,99-47-41-93(42-48-99)107(7,8)9)100-49-43-94(44-50-100)108(10,11)12/h13-68H,69-76H2,1-12H3/q+2. The van der Waals surface area contributed by atoms with Crippen molar-refractivity contribution in [3.05, 3.63) is 424 Å². The van der Waals surface area contributed by atoms with Crippen LogP contribution in [0.3, 0.4) is 0 Å². The van der Waals surface area contributed by atoms with Crippen LogP contribution in [0.2, 0.25) is 0 Å². The highest BCUT2D eigenvalue weighted by molar-refractivity contribution is 8.13. The van der Waals surface area contributed by atoms with Crippen molar-refractivity contribution < 1.29 is 37.7 Å². The molecule has 121 heavy (non-hydrogen) atoms. The second kappa shape index (κ2) is 38.1. The Morgan fingerprint density at radius 2 is 0.479 bits per heavy atom. The second-order valence-corrected chi connectivity index (χ2v) is 37.9. The van der Waals surface area contributed by atoms with E-state index in [1.54, 1.807) is 20.8 Å². The molecular formula is C110H108N2O6S3+2. The fourth-order valence-electron chi connectivity index (χ4n) is 16.0. The van der Waals surface area contributed by atoms with Gasteiger partial charge in [-0.05, 0) is 175 Å². The molecule has 11 heteroatoms. The summed E-state index contributed by atoms with van der Waals surface area (Å²) < 4.78 is 22.9. The zero-order chi connectivity index (χ0) is 84.9. The topological polar surface area (TPSA) is 86.7 Å². The molecule has 14 rings (SSSR count). The average molecular weight is 1650 g/mol. The lowest BCUT2D eigenvalue weighted by Gasteiger charge is -2.38. The van der Waals surface area contributed by atoms with Crippen LogP contribution in [0.5, 0.6) is 11.5 Å². The van der Waals surface area contributed by atoms with Crippen molar-refractivity contribution in [3.8, 4) is 61.7 Å². The number of aromatic nitrogens is 2. The predicted octanol–water partition coefficient (Wildman–Crippen LogP) is 25.4. The molecule has 0 atom stereocenters. The molecule has 0 saturated heterocycles. The van der Waals surface area contributed by atoms with Crippen LogP contribution in [-0.2, 0) is 70.0 Å². The number of nitrogens with zero attached hydrogens (tertiary/aromatic N) is 2. The molecular weight excluding hydrogens is 1540 g/mol. The quantitative estimate of drug-likeness (QED) is 0.0258. The minimum Gasteiger partial charge on any atom is -0.491 e. The smallest absolute Gasteiger partial charge is 0.210 e. The number of hydrogen-bond acceptors (Lipinski definition) is 9. The molecule has 0 aliphatic carbocycles. The first-order chi connectivity index (χ1) is 58.3. The van der Waals surface area contributed by atoms with Gasteiger partial charge in [-0.25, -0.2) is 4.57 Å². The minimum absolute atomic E-state index is 0.0160. The fraction of sp³-hybridized carbons (Fsp3) is 0.227. The van der Waals surface area contributed by atoms with Gasteiger partial charge in [0.1, 0.15) is 24.7 Å². The summed E-state index contributed by atoms with van der Waals surface area (Å²) in [4.78, 5) is 35.5. The van der Waals surface area contributed by atoms with E-state index in [4.69, 9.17) is 14.2 Å². The zero-order valence-corrected chi connectivity index (χ0v) is 74.0. The fourth-order valence-corrected chi connectivity index (χ4v) is 17.7. The molecule has 0 unspecified atom stereocenters. The van der Waals surface area contributed by atoms with Crippen molar-refractivity contribution in [2.75, 3.05) is 26.4 Å². The Kier molecular flexibility index (Phi) is 27.1. The summed E-state index contributed by atoms with van der Waals surface area (Å²) in [6.45, 7) is 27.7. The first kappa shape index (κ1) is 86.0. The highest BCUT2D eigenvalue weighted by Crippen LogP contribution is 2.50. The van der Waals surface area contributed by atoms with E-state index in [2.05, 4.69) is 400 Å². The summed E-state index contributed by atoms with van der Waals surface area (Å²) in [6.07, 6.45) is 8.55. The third kappa shape index (κ3) is 20.8. The summed E-state index contributed by atoms with van der Waals surface area (Å²) in [7, 11) is 0. The maximum absolute atomic E-state index is 11.8. The summed E-state index contributed by atoms with van der Waals surface area (Å²) in [6, 6.07) is 115. The molecule has 0 amide bonds. The Balaban J connectivity index is 0.634. The van der Waals surface area contributed by atoms with Crippen molar-refractivity contribution in [3.63, 3.8) is 0 Å². The van der Waals surface area contributed by atoms with E-state index in [-0.39, 0.29) is 31.6 Å². The van der Waals surface area contributed by atoms with Gasteiger partial charge in [-0.1, -0.05) is 340 Å². The van der Waals surface area contributed by atoms with Gasteiger partial charge < -0.3 is 14.2 Å². The molecule has 0 fully saturated rings. The van der Waals surface area contributed by atoms with E-state index < -0.39 is 10.8 Å². The van der Waals surface area contributed by atoms with Crippen molar-refractivity contribution in [1.29, 1.82) is 0 Å². The molecule has 0 aliphatic heterocycles. The normalized spacial score (nSPS) is 12.0. The van der Waals surface area contributed by atoms with E-state index in [9.17, 15) is 14.4 Å². The molecule has 12 aromatic carbocycles. The van der Waals surface area contributed by atoms with Crippen LogP contribution in [0, 0.1) is 0 Å². The molecule has 0 spiro atoms. The van der Waals surface area contributed by atoms with E-state index in [1.165, 1.54) is 68.7 Å². The Morgan fingerprint density at radius 1 is 0.256 bits per heavy atom. The average Bonchev–Trinajstić information content (AvgIpc) is 0.732. The van der Waals surface area contributed by atoms with Gasteiger partial charge >= 0.3 is 0 Å². The molecule has 2 heterocycles. The molecule has 8 nitrogen and oxygen atoms in total. The van der Waals surface area contributed by atoms with Crippen LogP contribution >= 0.6 is 35.3 Å². The lowest BCUT2D eigenvalue weighted by atomic mass is 9.64. The summed E-state index contributed by atoms with van der Waals surface area (Å²) >= 11 is 3.97. The molecule has 0 radical (unpaired) electrons. The number of rotatable bonds is 29.